The van der Waals surface area contributed by atoms with Gasteiger partial charge in [-0.15, -0.1) is 11.3 Å². The summed E-state index contributed by atoms with van der Waals surface area (Å²) in [7, 11) is 0. The molecule has 0 radical (unpaired) electrons. The van der Waals surface area contributed by atoms with Crippen molar-refractivity contribution in [2.45, 2.75) is 13.5 Å². The molecule has 2 rings (SSSR count). The van der Waals surface area contributed by atoms with Gasteiger partial charge in [-0.2, -0.15) is 0 Å². The zero-order valence-corrected chi connectivity index (χ0v) is 9.27. The maximum atomic E-state index is 12.9. The van der Waals surface area contributed by atoms with E-state index in [1.807, 2.05) is 13.0 Å². The summed E-state index contributed by atoms with van der Waals surface area (Å²) in [6.07, 6.45) is 0. The molecule has 0 saturated heterocycles. The van der Waals surface area contributed by atoms with E-state index in [1.54, 1.807) is 17.4 Å². The van der Waals surface area contributed by atoms with Crippen molar-refractivity contribution in [3.05, 3.63) is 45.9 Å². The summed E-state index contributed by atoms with van der Waals surface area (Å²) >= 11 is 1.64. The lowest BCUT2D eigenvalue weighted by molar-refractivity contribution is 0.627. The zero-order chi connectivity index (χ0) is 10.8. The van der Waals surface area contributed by atoms with Gasteiger partial charge in [-0.05, 0) is 47.2 Å². The summed E-state index contributed by atoms with van der Waals surface area (Å²) in [6, 6.07) is 6.91. The van der Waals surface area contributed by atoms with Crippen LogP contribution in [0.5, 0.6) is 0 Å². The van der Waals surface area contributed by atoms with Crippen LogP contribution >= 0.6 is 11.3 Å². The minimum atomic E-state index is -0.189. The Hall–Kier alpha value is -1.19. The normalized spacial score (nSPS) is 10.6. The third-order valence-corrected chi connectivity index (χ3v) is 3.31. The molecule has 1 aromatic carbocycles. The summed E-state index contributed by atoms with van der Waals surface area (Å²) in [6.45, 7) is 2.48. The van der Waals surface area contributed by atoms with Crippen LogP contribution in [0, 0.1) is 12.7 Å². The third kappa shape index (κ3) is 2.08. The second-order valence-electron chi connectivity index (χ2n) is 3.47. The molecule has 78 valence electrons. The van der Waals surface area contributed by atoms with Crippen LogP contribution in [0.1, 0.15) is 10.4 Å². The molecule has 2 aromatic rings. The smallest absolute Gasteiger partial charge is 0.123 e. The Bertz CT molecular complexity index is 476. The molecule has 15 heavy (non-hydrogen) atoms. The van der Waals surface area contributed by atoms with Crippen LogP contribution in [0.3, 0.4) is 0 Å². The maximum Gasteiger partial charge on any atom is 0.123 e. The van der Waals surface area contributed by atoms with E-state index >= 15 is 0 Å². The van der Waals surface area contributed by atoms with Crippen molar-refractivity contribution in [2.75, 3.05) is 0 Å². The lowest BCUT2D eigenvalue weighted by Crippen LogP contribution is -1.91. The number of thiophene rings is 1. The van der Waals surface area contributed by atoms with Crippen LogP contribution < -0.4 is 5.73 Å². The van der Waals surface area contributed by atoms with Crippen LogP contribution in [0.4, 0.5) is 4.39 Å². The van der Waals surface area contributed by atoms with E-state index in [1.165, 1.54) is 6.07 Å². The van der Waals surface area contributed by atoms with Crippen molar-refractivity contribution < 1.29 is 4.39 Å². The molecule has 0 bridgehead atoms. The van der Waals surface area contributed by atoms with Crippen molar-refractivity contribution in [3.8, 4) is 11.1 Å². The summed E-state index contributed by atoms with van der Waals surface area (Å²) in [5.74, 6) is -0.189. The summed E-state index contributed by atoms with van der Waals surface area (Å²) < 4.78 is 12.9. The lowest BCUT2D eigenvalue weighted by Gasteiger charge is -2.02. The first kappa shape index (κ1) is 10.3. The Balaban J connectivity index is 2.44. The molecular formula is C12H12FNS. The van der Waals surface area contributed by atoms with E-state index in [9.17, 15) is 4.39 Å². The fraction of sp³-hybridized carbons (Fsp3) is 0.167. The quantitative estimate of drug-likeness (QED) is 0.827. The van der Waals surface area contributed by atoms with Crippen LogP contribution in [-0.2, 0) is 6.54 Å². The molecule has 0 amide bonds. The second-order valence-corrected chi connectivity index (χ2v) is 4.46. The monoisotopic (exact) mass is 221 g/mol. The number of halogens is 1. The molecular weight excluding hydrogens is 209 g/mol. The van der Waals surface area contributed by atoms with Crippen molar-refractivity contribution in [1.29, 1.82) is 0 Å². The van der Waals surface area contributed by atoms with Gasteiger partial charge in [0.2, 0.25) is 0 Å². The molecule has 1 nitrogen and oxygen atoms in total. The van der Waals surface area contributed by atoms with Crippen LogP contribution in [-0.4, -0.2) is 0 Å². The highest BCUT2D eigenvalue weighted by atomic mass is 32.1. The average Bonchev–Trinajstić information content (AvgIpc) is 2.66. The number of aryl methyl sites for hydroxylation is 1. The Morgan fingerprint density at radius 1 is 1.33 bits per heavy atom. The maximum absolute atomic E-state index is 12.9. The fourth-order valence-electron chi connectivity index (χ4n) is 1.58. The fourth-order valence-corrected chi connectivity index (χ4v) is 2.34. The molecule has 0 unspecified atom stereocenters. The van der Waals surface area contributed by atoms with Gasteiger partial charge in [0.15, 0.2) is 0 Å². The Morgan fingerprint density at radius 3 is 2.73 bits per heavy atom. The van der Waals surface area contributed by atoms with Gasteiger partial charge < -0.3 is 5.73 Å². The number of rotatable bonds is 2. The summed E-state index contributed by atoms with van der Waals surface area (Å²) in [4.78, 5) is 1.15. The topological polar surface area (TPSA) is 26.0 Å². The second kappa shape index (κ2) is 4.13. The molecule has 2 N–H and O–H groups in total. The van der Waals surface area contributed by atoms with E-state index in [4.69, 9.17) is 5.73 Å². The molecule has 1 heterocycles. The van der Waals surface area contributed by atoms with Gasteiger partial charge in [-0.1, -0.05) is 6.07 Å². The first-order valence-electron chi connectivity index (χ1n) is 4.74. The zero-order valence-electron chi connectivity index (χ0n) is 8.46. The Kier molecular flexibility index (Phi) is 2.84. The van der Waals surface area contributed by atoms with E-state index in [-0.39, 0.29) is 5.82 Å². The van der Waals surface area contributed by atoms with E-state index in [2.05, 4.69) is 11.4 Å². The SMILES string of the molecule is Cc1cc(F)ccc1-c1csc(CN)c1. The first-order chi connectivity index (χ1) is 7.20. The van der Waals surface area contributed by atoms with E-state index < -0.39 is 0 Å². The van der Waals surface area contributed by atoms with Crippen LogP contribution in [0.15, 0.2) is 29.6 Å². The highest BCUT2D eigenvalue weighted by Crippen LogP contribution is 2.28. The van der Waals surface area contributed by atoms with E-state index in [0.29, 0.717) is 6.54 Å². The van der Waals surface area contributed by atoms with Crippen LogP contribution in [0.25, 0.3) is 11.1 Å². The number of hydrogen-bond donors (Lipinski definition) is 1. The highest BCUT2D eigenvalue weighted by molar-refractivity contribution is 7.10. The molecule has 3 heteroatoms. The van der Waals surface area contributed by atoms with Crippen molar-refractivity contribution in [1.82, 2.24) is 0 Å². The molecule has 1 aromatic heterocycles. The standard InChI is InChI=1S/C12H12FNS/c1-8-4-10(13)2-3-12(8)9-5-11(6-14)15-7-9/h2-5,7H,6,14H2,1H3. The summed E-state index contributed by atoms with van der Waals surface area (Å²) in [5.41, 5.74) is 8.71. The molecule has 0 aliphatic rings. The predicted octanol–water partition coefficient (Wildman–Crippen LogP) is 3.32. The molecule has 0 spiro atoms. The largest absolute Gasteiger partial charge is 0.326 e. The lowest BCUT2D eigenvalue weighted by atomic mass is 10.0. The molecule has 0 fully saturated rings. The van der Waals surface area contributed by atoms with Gasteiger partial charge in [0.25, 0.3) is 0 Å². The molecule has 0 saturated carbocycles. The van der Waals surface area contributed by atoms with Gasteiger partial charge in [-0.3, -0.25) is 0 Å². The molecule has 0 aliphatic carbocycles. The third-order valence-electron chi connectivity index (χ3n) is 2.35. The number of hydrogen-bond acceptors (Lipinski definition) is 2. The van der Waals surface area contributed by atoms with Gasteiger partial charge in [-0.25, -0.2) is 4.39 Å². The summed E-state index contributed by atoms with van der Waals surface area (Å²) in [5, 5.41) is 2.06. The van der Waals surface area contributed by atoms with Crippen molar-refractivity contribution in [2.24, 2.45) is 5.73 Å². The van der Waals surface area contributed by atoms with Crippen molar-refractivity contribution in [3.63, 3.8) is 0 Å². The number of benzene rings is 1. The Morgan fingerprint density at radius 2 is 2.13 bits per heavy atom. The average molecular weight is 221 g/mol. The molecule has 0 aliphatic heterocycles. The highest BCUT2D eigenvalue weighted by Gasteiger charge is 2.05. The van der Waals surface area contributed by atoms with Crippen molar-refractivity contribution >= 4 is 11.3 Å². The Labute approximate surface area is 92.4 Å². The predicted molar refractivity (Wildman–Crippen MR) is 62.3 cm³/mol. The minimum absolute atomic E-state index is 0.189. The minimum Gasteiger partial charge on any atom is -0.326 e. The van der Waals surface area contributed by atoms with Gasteiger partial charge >= 0.3 is 0 Å². The van der Waals surface area contributed by atoms with Gasteiger partial charge in [0.05, 0.1) is 0 Å². The van der Waals surface area contributed by atoms with Gasteiger partial charge in [0.1, 0.15) is 5.82 Å². The van der Waals surface area contributed by atoms with Crippen LogP contribution in [0.2, 0.25) is 0 Å². The molecule has 0 atom stereocenters. The first-order valence-corrected chi connectivity index (χ1v) is 5.62. The number of nitrogens with two attached hydrogens (primary N) is 1. The van der Waals surface area contributed by atoms with E-state index in [0.717, 1.165) is 21.6 Å². The van der Waals surface area contributed by atoms with Gasteiger partial charge in [0, 0.05) is 11.4 Å².